The maximum absolute atomic E-state index is 10.7. The van der Waals surface area contributed by atoms with Crippen molar-refractivity contribution in [1.29, 1.82) is 0 Å². The van der Waals surface area contributed by atoms with Gasteiger partial charge >= 0.3 is 31.3 Å². The van der Waals surface area contributed by atoms with Crippen LogP contribution in [0, 0.1) is 0 Å². The van der Waals surface area contributed by atoms with Crippen LogP contribution in [0.5, 0.6) is 0 Å². The fourth-order valence-electron chi connectivity index (χ4n) is 0.429. The average Bonchev–Trinajstić information content (AvgIpc) is 1.65. The first-order chi connectivity index (χ1) is 7.12. The Labute approximate surface area is 115 Å². The molecule has 0 heterocycles. The molecule has 0 aliphatic rings. The van der Waals surface area contributed by atoms with Gasteiger partial charge in [-0.25, -0.2) is 18.3 Å². The Bertz CT molecular complexity index is 403. The second-order valence-corrected chi connectivity index (χ2v) is 7.96. The molecule has 0 amide bonds. The van der Waals surface area contributed by atoms with Gasteiger partial charge < -0.3 is 51.3 Å². The zero-order chi connectivity index (χ0) is 14.1. The molecule has 136 valence electrons. The molecule has 0 fully saturated rings. The largest absolute Gasteiger partial charge is 0.490 e. The second-order valence-electron chi connectivity index (χ2n) is 2.16. The van der Waals surface area contributed by atoms with Gasteiger partial charge in [0, 0.05) is 0 Å². The summed E-state index contributed by atoms with van der Waals surface area (Å²) in [5.74, 6) is 0. The van der Waals surface area contributed by atoms with E-state index in [-0.39, 0.29) is 21.9 Å². The Kier molecular flexibility index (Phi) is 16.1. The van der Waals surface area contributed by atoms with Crippen LogP contribution in [0.3, 0.4) is 0 Å². The molecule has 0 bridgehead atoms. The van der Waals surface area contributed by atoms with Crippen molar-refractivity contribution in [3.05, 3.63) is 0 Å². The summed E-state index contributed by atoms with van der Waals surface area (Å²) in [5, 5.41) is 0. The fourth-order valence-corrected chi connectivity index (χ4v) is 4.40. The molecular formula is H14O17P4. The Balaban J connectivity index is -0.000000213. The highest BCUT2D eigenvalue weighted by Crippen LogP contribution is 2.69. The molecule has 0 spiro atoms. The molecule has 21 heavy (non-hydrogen) atoms. The van der Waals surface area contributed by atoms with Crippen molar-refractivity contribution < 1.29 is 82.5 Å². The monoisotopic (exact) mass is 410 g/mol. The fraction of sp³-hybridized carbons (Fsp3) is 0. The van der Waals surface area contributed by atoms with Gasteiger partial charge in [0.15, 0.2) is 0 Å². The summed E-state index contributed by atoms with van der Waals surface area (Å²) < 4.78 is 50.9. The minimum absolute atomic E-state index is 0. The van der Waals surface area contributed by atoms with Gasteiger partial charge in [-0.05, 0) is 0 Å². The minimum Gasteiger partial charge on any atom is -0.412 e. The molecule has 21 heteroatoms. The van der Waals surface area contributed by atoms with Gasteiger partial charge in [0.2, 0.25) is 0 Å². The van der Waals surface area contributed by atoms with Gasteiger partial charge in [0.25, 0.3) is 0 Å². The summed E-state index contributed by atoms with van der Waals surface area (Å²) in [6.07, 6.45) is 0. The third kappa shape index (κ3) is 20.4. The molecule has 0 aromatic heterocycles. The van der Waals surface area contributed by atoms with Gasteiger partial charge in [-0.15, -0.1) is 0 Å². The third-order valence-electron chi connectivity index (χ3n) is 0.625. The van der Waals surface area contributed by atoms with Crippen molar-refractivity contribution in [3.8, 4) is 0 Å². The molecule has 14 N–H and O–H groups in total. The first kappa shape index (κ1) is 33.1. The first-order valence-corrected chi connectivity index (χ1v) is 9.08. The SMILES string of the molecule is O.O.O.O.O=P(O)(O)OP(=O)(O)OP(=O)(O)OP(=O)(O)O. The topological polar surface area (TPSA) is 343 Å². The molecule has 0 aliphatic carbocycles. The van der Waals surface area contributed by atoms with Gasteiger partial charge in [-0.3, -0.25) is 0 Å². The lowest BCUT2D eigenvalue weighted by atomic mass is 15.7. The molecule has 0 rings (SSSR count). The van der Waals surface area contributed by atoms with E-state index in [1.165, 1.54) is 0 Å². The maximum Gasteiger partial charge on any atom is 0.490 e. The molecular weight excluding hydrogens is 396 g/mol. The predicted molar refractivity (Wildman–Crippen MR) is 61.4 cm³/mol. The van der Waals surface area contributed by atoms with Crippen molar-refractivity contribution in [2.75, 3.05) is 0 Å². The van der Waals surface area contributed by atoms with E-state index in [1.807, 2.05) is 0 Å². The Hall–Kier alpha value is 0.400. The molecule has 0 aromatic carbocycles. The molecule has 0 aliphatic heterocycles. The van der Waals surface area contributed by atoms with Gasteiger partial charge in [-0.2, -0.15) is 12.9 Å². The van der Waals surface area contributed by atoms with Crippen LogP contribution >= 0.6 is 31.3 Å². The standard InChI is InChI=1S/H6O13P4.4H2O/c1-14(2,3)11-16(7,8)13-17(9,10)12-15(4,5)6;;;;/h(H,7,8)(H,9,10)(H2,1,2,3)(H2,4,5,6);4*1H2. The first-order valence-electron chi connectivity index (χ1n) is 3.03. The summed E-state index contributed by atoms with van der Waals surface area (Å²) >= 11 is 0. The summed E-state index contributed by atoms with van der Waals surface area (Å²) in [7, 11) is -22.6. The van der Waals surface area contributed by atoms with Gasteiger partial charge in [0.05, 0.1) is 0 Å². The molecule has 2 atom stereocenters. The van der Waals surface area contributed by atoms with E-state index < -0.39 is 31.3 Å². The molecule has 0 saturated carbocycles. The number of phosphoric acid groups is 4. The predicted octanol–water partition coefficient (Wildman–Crippen LogP) is -3.88. The van der Waals surface area contributed by atoms with Crippen LogP contribution in [0.25, 0.3) is 0 Å². The molecule has 17 nitrogen and oxygen atoms in total. The third-order valence-corrected chi connectivity index (χ3v) is 5.63. The van der Waals surface area contributed by atoms with E-state index in [1.54, 1.807) is 0 Å². The van der Waals surface area contributed by atoms with E-state index in [2.05, 4.69) is 12.9 Å². The van der Waals surface area contributed by atoms with Crippen LogP contribution in [-0.2, 0) is 31.2 Å². The summed E-state index contributed by atoms with van der Waals surface area (Å²) in [4.78, 5) is 49.4. The van der Waals surface area contributed by atoms with Crippen LogP contribution in [-0.4, -0.2) is 51.3 Å². The smallest absolute Gasteiger partial charge is 0.412 e. The highest BCUT2D eigenvalue weighted by Gasteiger charge is 2.43. The Morgan fingerprint density at radius 1 is 0.476 bits per heavy atom. The lowest BCUT2D eigenvalue weighted by molar-refractivity contribution is 0.194. The van der Waals surface area contributed by atoms with Crippen molar-refractivity contribution in [3.63, 3.8) is 0 Å². The van der Waals surface area contributed by atoms with Gasteiger partial charge in [0.1, 0.15) is 0 Å². The summed E-state index contributed by atoms with van der Waals surface area (Å²) in [6.45, 7) is 0. The zero-order valence-electron chi connectivity index (χ0n) is 9.33. The highest BCUT2D eigenvalue weighted by atomic mass is 31.3. The minimum atomic E-state index is -5.77. The lowest BCUT2D eigenvalue weighted by Crippen LogP contribution is -1.95. The van der Waals surface area contributed by atoms with Gasteiger partial charge in [-0.1, -0.05) is 0 Å². The van der Waals surface area contributed by atoms with Crippen molar-refractivity contribution >= 4 is 31.3 Å². The van der Waals surface area contributed by atoms with Crippen molar-refractivity contribution in [1.82, 2.24) is 0 Å². The zero-order valence-corrected chi connectivity index (χ0v) is 12.9. The van der Waals surface area contributed by atoms with Crippen LogP contribution in [0.15, 0.2) is 0 Å². The van der Waals surface area contributed by atoms with E-state index >= 15 is 0 Å². The van der Waals surface area contributed by atoms with E-state index in [0.29, 0.717) is 0 Å². The number of hydrogen-bond donors (Lipinski definition) is 6. The van der Waals surface area contributed by atoms with Crippen molar-refractivity contribution in [2.24, 2.45) is 0 Å². The number of hydrogen-bond acceptors (Lipinski definition) is 7. The highest BCUT2D eigenvalue weighted by molar-refractivity contribution is 7.69. The molecule has 0 saturated heterocycles. The van der Waals surface area contributed by atoms with E-state index in [0.717, 1.165) is 0 Å². The van der Waals surface area contributed by atoms with Crippen LogP contribution in [0.4, 0.5) is 0 Å². The summed E-state index contributed by atoms with van der Waals surface area (Å²) in [5.41, 5.74) is 0. The number of rotatable bonds is 6. The average molecular weight is 410 g/mol. The van der Waals surface area contributed by atoms with E-state index in [4.69, 9.17) is 29.4 Å². The van der Waals surface area contributed by atoms with Crippen LogP contribution < -0.4 is 0 Å². The van der Waals surface area contributed by atoms with Crippen LogP contribution in [0.1, 0.15) is 0 Å². The summed E-state index contributed by atoms with van der Waals surface area (Å²) in [6, 6.07) is 0. The quantitative estimate of drug-likeness (QED) is 0.228. The molecule has 0 radical (unpaired) electrons. The van der Waals surface area contributed by atoms with Crippen molar-refractivity contribution in [2.45, 2.75) is 0 Å². The lowest BCUT2D eigenvalue weighted by Gasteiger charge is -2.15. The maximum atomic E-state index is 10.7. The van der Waals surface area contributed by atoms with E-state index in [9.17, 15) is 18.3 Å². The second kappa shape index (κ2) is 10.2. The Morgan fingerprint density at radius 3 is 0.810 bits per heavy atom. The Morgan fingerprint density at radius 2 is 0.667 bits per heavy atom. The molecule has 2 unspecified atom stereocenters. The van der Waals surface area contributed by atoms with Crippen LogP contribution in [0.2, 0.25) is 0 Å². The molecule has 0 aromatic rings. The normalized spacial score (nSPS) is 16.7.